The largest absolute Gasteiger partial charge is 0.496 e. The fourth-order valence-corrected chi connectivity index (χ4v) is 2.37. The Morgan fingerprint density at radius 2 is 2.25 bits per heavy atom. The molecular formula is C15H20N2O3. The maximum absolute atomic E-state index is 12.0. The molecule has 0 radical (unpaired) electrons. The molecule has 20 heavy (non-hydrogen) atoms. The van der Waals surface area contributed by atoms with Crippen LogP contribution in [0.15, 0.2) is 18.2 Å². The highest BCUT2D eigenvalue weighted by atomic mass is 16.5. The molecule has 1 atom stereocenters. The molecule has 1 heterocycles. The van der Waals surface area contributed by atoms with Crippen molar-refractivity contribution < 1.29 is 14.3 Å². The molecule has 0 bridgehead atoms. The van der Waals surface area contributed by atoms with Crippen LogP contribution < -0.4 is 15.4 Å². The molecule has 1 unspecified atom stereocenters. The maximum atomic E-state index is 12.0. The Morgan fingerprint density at radius 1 is 1.45 bits per heavy atom. The van der Waals surface area contributed by atoms with E-state index < -0.39 is 0 Å². The van der Waals surface area contributed by atoms with E-state index in [4.69, 9.17) is 4.74 Å². The Kier molecular flexibility index (Phi) is 4.74. The minimum atomic E-state index is -0.0438. The summed E-state index contributed by atoms with van der Waals surface area (Å²) in [6.45, 7) is 3.26. The third kappa shape index (κ3) is 3.57. The molecule has 1 aromatic rings. The lowest BCUT2D eigenvalue weighted by atomic mass is 10.0. The first-order valence-electron chi connectivity index (χ1n) is 6.78. The minimum Gasteiger partial charge on any atom is -0.496 e. The van der Waals surface area contributed by atoms with E-state index >= 15 is 0 Å². The van der Waals surface area contributed by atoms with Gasteiger partial charge in [0.25, 0.3) is 0 Å². The summed E-state index contributed by atoms with van der Waals surface area (Å²) in [7, 11) is 1.56. The fourth-order valence-electron chi connectivity index (χ4n) is 2.37. The van der Waals surface area contributed by atoms with E-state index in [0.717, 1.165) is 25.1 Å². The summed E-state index contributed by atoms with van der Waals surface area (Å²) in [6.07, 6.45) is 1.18. The third-order valence-corrected chi connectivity index (χ3v) is 3.46. The van der Waals surface area contributed by atoms with Gasteiger partial charge < -0.3 is 15.4 Å². The first-order valence-corrected chi connectivity index (χ1v) is 6.78. The Hall–Kier alpha value is -1.88. The van der Waals surface area contributed by atoms with Crippen LogP contribution >= 0.6 is 0 Å². The molecule has 2 N–H and O–H groups in total. The van der Waals surface area contributed by atoms with Gasteiger partial charge in [-0.3, -0.25) is 9.59 Å². The van der Waals surface area contributed by atoms with Crippen LogP contribution in [0.4, 0.5) is 0 Å². The van der Waals surface area contributed by atoms with Gasteiger partial charge in [-0.1, -0.05) is 0 Å². The van der Waals surface area contributed by atoms with Gasteiger partial charge in [0.2, 0.25) is 5.91 Å². The summed E-state index contributed by atoms with van der Waals surface area (Å²) >= 11 is 0. The van der Waals surface area contributed by atoms with Crippen LogP contribution in [-0.2, 0) is 11.2 Å². The molecule has 2 rings (SSSR count). The van der Waals surface area contributed by atoms with Gasteiger partial charge in [-0.15, -0.1) is 0 Å². The summed E-state index contributed by atoms with van der Waals surface area (Å²) in [5.74, 6) is 0.571. The average Bonchev–Trinajstić information content (AvgIpc) is 2.91. The highest BCUT2D eigenvalue weighted by Gasteiger charge is 2.18. The van der Waals surface area contributed by atoms with E-state index in [1.165, 1.54) is 6.92 Å². The van der Waals surface area contributed by atoms with E-state index in [2.05, 4.69) is 10.6 Å². The standard InChI is InChI=1S/C15H20N2O3/c1-10(18)11-3-4-14(20-2)12(7-11)8-15(19)17-13-5-6-16-9-13/h3-4,7,13,16H,5-6,8-9H2,1-2H3,(H,17,19). The number of methoxy groups -OCH3 is 1. The zero-order valence-electron chi connectivity index (χ0n) is 11.9. The predicted octanol–water partition coefficient (Wildman–Crippen LogP) is 0.918. The van der Waals surface area contributed by atoms with Gasteiger partial charge in [0, 0.05) is 23.7 Å². The van der Waals surface area contributed by atoms with Crippen LogP contribution in [0.25, 0.3) is 0 Å². The van der Waals surface area contributed by atoms with Crippen molar-refractivity contribution in [1.82, 2.24) is 10.6 Å². The van der Waals surface area contributed by atoms with Crippen molar-refractivity contribution in [1.29, 1.82) is 0 Å². The molecule has 0 aliphatic carbocycles. The molecule has 0 saturated carbocycles. The van der Waals surface area contributed by atoms with Gasteiger partial charge in [0.05, 0.1) is 13.5 Å². The molecule has 1 saturated heterocycles. The molecule has 0 aromatic heterocycles. The molecule has 1 amide bonds. The monoisotopic (exact) mass is 276 g/mol. The zero-order valence-corrected chi connectivity index (χ0v) is 11.9. The number of ketones is 1. The SMILES string of the molecule is COc1ccc(C(C)=O)cc1CC(=O)NC1CCNC1. The quantitative estimate of drug-likeness (QED) is 0.785. The number of hydrogen-bond donors (Lipinski definition) is 2. The van der Waals surface area contributed by atoms with Crippen molar-refractivity contribution in [3.8, 4) is 5.75 Å². The number of nitrogens with one attached hydrogen (secondary N) is 2. The molecular weight excluding hydrogens is 256 g/mol. The highest BCUT2D eigenvalue weighted by Crippen LogP contribution is 2.21. The van der Waals surface area contributed by atoms with E-state index in [9.17, 15) is 9.59 Å². The molecule has 5 heteroatoms. The van der Waals surface area contributed by atoms with E-state index in [1.807, 2.05) is 0 Å². The van der Waals surface area contributed by atoms with Crippen molar-refractivity contribution >= 4 is 11.7 Å². The molecule has 1 aliphatic rings. The van der Waals surface area contributed by atoms with Gasteiger partial charge >= 0.3 is 0 Å². The summed E-state index contributed by atoms with van der Waals surface area (Å²) in [5, 5.41) is 6.19. The topological polar surface area (TPSA) is 67.4 Å². The van der Waals surface area contributed by atoms with Crippen molar-refractivity contribution in [2.45, 2.75) is 25.8 Å². The summed E-state index contributed by atoms with van der Waals surface area (Å²) in [4.78, 5) is 23.5. The lowest BCUT2D eigenvalue weighted by Gasteiger charge is -2.13. The van der Waals surface area contributed by atoms with Crippen molar-refractivity contribution in [3.63, 3.8) is 0 Å². The van der Waals surface area contributed by atoms with Crippen LogP contribution in [0.1, 0.15) is 29.3 Å². The second-order valence-corrected chi connectivity index (χ2v) is 5.02. The first-order chi connectivity index (χ1) is 9.60. The smallest absolute Gasteiger partial charge is 0.224 e. The van der Waals surface area contributed by atoms with Crippen LogP contribution in [0.5, 0.6) is 5.75 Å². The fraction of sp³-hybridized carbons (Fsp3) is 0.467. The number of benzene rings is 1. The maximum Gasteiger partial charge on any atom is 0.224 e. The number of Topliss-reactive ketones (excluding diaryl/α,β-unsaturated/α-hetero) is 1. The van der Waals surface area contributed by atoms with Gasteiger partial charge in [0.15, 0.2) is 5.78 Å². The van der Waals surface area contributed by atoms with Gasteiger partial charge in [0.1, 0.15) is 5.75 Å². The van der Waals surface area contributed by atoms with Crippen LogP contribution in [0.3, 0.4) is 0 Å². The Balaban J connectivity index is 2.07. The third-order valence-electron chi connectivity index (χ3n) is 3.46. The number of hydrogen-bond acceptors (Lipinski definition) is 4. The number of amides is 1. The summed E-state index contributed by atoms with van der Waals surface area (Å²) < 4.78 is 5.25. The highest BCUT2D eigenvalue weighted by molar-refractivity contribution is 5.94. The van der Waals surface area contributed by atoms with Gasteiger partial charge in [-0.05, 0) is 38.1 Å². The zero-order chi connectivity index (χ0) is 14.5. The second kappa shape index (κ2) is 6.52. The molecule has 1 fully saturated rings. The molecule has 108 valence electrons. The predicted molar refractivity (Wildman–Crippen MR) is 76.1 cm³/mol. The number of ether oxygens (including phenoxy) is 1. The lowest BCUT2D eigenvalue weighted by molar-refractivity contribution is -0.121. The van der Waals surface area contributed by atoms with Crippen LogP contribution in [-0.4, -0.2) is 37.9 Å². The summed E-state index contributed by atoms with van der Waals surface area (Å²) in [6, 6.07) is 5.37. The Labute approximate surface area is 118 Å². The Morgan fingerprint density at radius 3 is 2.85 bits per heavy atom. The van der Waals surface area contributed by atoms with E-state index in [0.29, 0.717) is 11.3 Å². The lowest BCUT2D eigenvalue weighted by Crippen LogP contribution is -2.37. The number of rotatable bonds is 5. The molecule has 1 aliphatic heterocycles. The van der Waals surface area contributed by atoms with Crippen LogP contribution in [0, 0.1) is 0 Å². The van der Waals surface area contributed by atoms with E-state index in [-0.39, 0.29) is 24.2 Å². The number of carbonyl (C=O) groups excluding carboxylic acids is 2. The normalized spacial score (nSPS) is 17.8. The van der Waals surface area contributed by atoms with Gasteiger partial charge in [-0.2, -0.15) is 0 Å². The first kappa shape index (κ1) is 14.5. The van der Waals surface area contributed by atoms with Crippen molar-refractivity contribution in [3.05, 3.63) is 29.3 Å². The Bertz CT molecular complexity index is 508. The van der Waals surface area contributed by atoms with E-state index in [1.54, 1.807) is 25.3 Å². The average molecular weight is 276 g/mol. The minimum absolute atomic E-state index is 0.0192. The molecule has 5 nitrogen and oxygen atoms in total. The van der Waals surface area contributed by atoms with Crippen molar-refractivity contribution in [2.24, 2.45) is 0 Å². The number of carbonyl (C=O) groups is 2. The van der Waals surface area contributed by atoms with Gasteiger partial charge in [-0.25, -0.2) is 0 Å². The van der Waals surface area contributed by atoms with Crippen molar-refractivity contribution in [2.75, 3.05) is 20.2 Å². The second-order valence-electron chi connectivity index (χ2n) is 5.02. The summed E-state index contributed by atoms with van der Waals surface area (Å²) in [5.41, 5.74) is 1.33. The molecule has 1 aromatic carbocycles. The molecule has 0 spiro atoms. The van der Waals surface area contributed by atoms with Crippen LogP contribution in [0.2, 0.25) is 0 Å².